The number of nitrogens with zero attached hydrogens (tertiary/aromatic N) is 3. The van der Waals surface area contributed by atoms with E-state index in [0.717, 1.165) is 6.54 Å². The zero-order chi connectivity index (χ0) is 12.3. The molecule has 1 aliphatic carbocycles. The topological polar surface area (TPSA) is 71.3 Å². The highest BCUT2D eigenvalue weighted by Gasteiger charge is 2.25. The Kier molecular flexibility index (Phi) is 3.53. The van der Waals surface area contributed by atoms with E-state index in [1.807, 2.05) is 0 Å². The normalized spacial score (nSPS) is 14.9. The van der Waals surface area contributed by atoms with Crippen LogP contribution in [0.25, 0.3) is 0 Å². The maximum atomic E-state index is 10.7. The molecule has 2 rings (SSSR count). The van der Waals surface area contributed by atoms with Crippen molar-refractivity contribution in [2.24, 2.45) is 0 Å². The van der Waals surface area contributed by atoms with Gasteiger partial charge in [-0.25, -0.2) is 0 Å². The van der Waals surface area contributed by atoms with Gasteiger partial charge in [0.2, 0.25) is 0 Å². The fraction of sp³-hybridized carbons (Fsp3) is 0.545. The predicted molar refractivity (Wildman–Crippen MR) is 65.0 cm³/mol. The molecule has 0 unspecified atom stereocenters. The van der Waals surface area contributed by atoms with Gasteiger partial charge in [0.1, 0.15) is 11.9 Å². The summed E-state index contributed by atoms with van der Waals surface area (Å²) in [6, 6.07) is 4.09. The van der Waals surface area contributed by atoms with E-state index < -0.39 is 4.92 Å². The third-order valence-corrected chi connectivity index (χ3v) is 2.91. The molecule has 0 aromatic carbocycles. The highest BCUT2D eigenvalue weighted by atomic mass is 16.6. The van der Waals surface area contributed by atoms with Crippen LogP contribution in [0.15, 0.2) is 18.3 Å². The molecule has 0 radical (unpaired) electrons. The van der Waals surface area contributed by atoms with Gasteiger partial charge in [-0.15, -0.1) is 0 Å². The minimum Gasteiger partial charge on any atom is -0.377 e. The van der Waals surface area contributed by atoms with Gasteiger partial charge in [-0.1, -0.05) is 0 Å². The van der Waals surface area contributed by atoms with Gasteiger partial charge in [-0.2, -0.15) is 0 Å². The summed E-state index contributed by atoms with van der Waals surface area (Å²) in [7, 11) is 2.08. The number of nitrogens with one attached hydrogen (secondary N) is 1. The number of hydrogen-bond acceptors (Lipinski definition) is 5. The number of pyridine rings is 1. The summed E-state index contributed by atoms with van der Waals surface area (Å²) in [5.74, 6) is -0.110. The maximum Gasteiger partial charge on any atom is 0.386 e. The van der Waals surface area contributed by atoms with Crippen molar-refractivity contribution in [3.63, 3.8) is 0 Å². The quantitative estimate of drug-likeness (QED) is 0.598. The number of hydrogen-bond donors (Lipinski definition) is 1. The second-order valence-corrected chi connectivity index (χ2v) is 4.27. The van der Waals surface area contributed by atoms with E-state index in [9.17, 15) is 10.1 Å². The first-order valence-electron chi connectivity index (χ1n) is 5.72. The van der Waals surface area contributed by atoms with Crippen LogP contribution in [0.2, 0.25) is 0 Å². The summed E-state index contributed by atoms with van der Waals surface area (Å²) in [5.41, 5.74) is 0.488. The minimum absolute atomic E-state index is 0.110. The lowest BCUT2D eigenvalue weighted by molar-refractivity contribution is -0.388. The van der Waals surface area contributed by atoms with Crippen molar-refractivity contribution in [2.45, 2.75) is 18.9 Å². The van der Waals surface area contributed by atoms with Crippen LogP contribution in [0.5, 0.6) is 0 Å². The van der Waals surface area contributed by atoms with Gasteiger partial charge in [-0.05, 0) is 41.9 Å². The predicted octanol–water partition coefficient (Wildman–Crippen LogP) is 1.50. The lowest BCUT2D eigenvalue weighted by Gasteiger charge is -2.15. The van der Waals surface area contributed by atoms with Gasteiger partial charge >= 0.3 is 5.82 Å². The van der Waals surface area contributed by atoms with Crippen molar-refractivity contribution in [1.82, 2.24) is 9.88 Å². The molecule has 1 aromatic heterocycles. The van der Waals surface area contributed by atoms with Crippen LogP contribution in [0.4, 0.5) is 11.5 Å². The zero-order valence-corrected chi connectivity index (χ0v) is 9.80. The zero-order valence-electron chi connectivity index (χ0n) is 9.80. The summed E-state index contributed by atoms with van der Waals surface area (Å²) in [5, 5.41) is 13.8. The number of rotatable bonds is 6. The Hall–Kier alpha value is -1.69. The van der Waals surface area contributed by atoms with Gasteiger partial charge in [0, 0.05) is 19.1 Å². The Labute approximate surface area is 99.8 Å². The van der Waals surface area contributed by atoms with Crippen LogP contribution in [0.1, 0.15) is 12.8 Å². The molecule has 1 heterocycles. The molecule has 0 atom stereocenters. The molecule has 92 valence electrons. The number of aromatic nitrogens is 1. The lowest BCUT2D eigenvalue weighted by Crippen LogP contribution is -2.27. The van der Waals surface area contributed by atoms with Crippen LogP contribution in [-0.2, 0) is 0 Å². The smallest absolute Gasteiger partial charge is 0.377 e. The van der Waals surface area contributed by atoms with Gasteiger partial charge in [0.05, 0.1) is 0 Å². The molecule has 0 amide bonds. The summed E-state index contributed by atoms with van der Waals surface area (Å²) in [6.45, 7) is 1.58. The third-order valence-electron chi connectivity index (χ3n) is 2.91. The van der Waals surface area contributed by atoms with Crippen molar-refractivity contribution >= 4 is 11.5 Å². The van der Waals surface area contributed by atoms with E-state index in [4.69, 9.17) is 0 Å². The van der Waals surface area contributed by atoms with Crippen LogP contribution in [-0.4, -0.2) is 41.0 Å². The summed E-state index contributed by atoms with van der Waals surface area (Å²) in [4.78, 5) is 16.3. The van der Waals surface area contributed by atoms with Crippen molar-refractivity contribution in [2.75, 3.05) is 25.5 Å². The Balaban J connectivity index is 1.87. The van der Waals surface area contributed by atoms with E-state index >= 15 is 0 Å². The SMILES string of the molecule is CN(CCNc1cccnc1[N+](=O)[O-])C1CC1. The number of likely N-dealkylation sites (N-methyl/N-ethyl adjacent to an activating group) is 1. The van der Waals surface area contributed by atoms with Crippen molar-refractivity contribution < 1.29 is 4.92 Å². The van der Waals surface area contributed by atoms with Crippen molar-refractivity contribution in [3.05, 3.63) is 28.4 Å². The first-order valence-corrected chi connectivity index (χ1v) is 5.72. The first-order chi connectivity index (χ1) is 8.18. The molecule has 1 fully saturated rings. The maximum absolute atomic E-state index is 10.7. The van der Waals surface area contributed by atoms with Gasteiger partial charge in [0.25, 0.3) is 0 Å². The molecule has 0 spiro atoms. The van der Waals surface area contributed by atoms with Gasteiger partial charge in [0.15, 0.2) is 0 Å². The molecule has 6 nitrogen and oxygen atoms in total. The molecule has 6 heteroatoms. The standard InChI is InChI=1S/C11H16N4O2/c1-14(9-4-5-9)8-7-12-10-3-2-6-13-11(10)15(16)17/h2-3,6,9,12H,4-5,7-8H2,1H3. The Bertz CT molecular complexity index is 406. The first kappa shape index (κ1) is 11.8. The number of nitro groups is 1. The number of anilines is 1. The molecule has 1 saturated carbocycles. The van der Waals surface area contributed by atoms with Crippen molar-refractivity contribution in [3.8, 4) is 0 Å². The molecule has 0 bridgehead atoms. The minimum atomic E-state index is -0.465. The second-order valence-electron chi connectivity index (χ2n) is 4.27. The lowest BCUT2D eigenvalue weighted by atomic mass is 10.3. The summed E-state index contributed by atoms with van der Waals surface area (Å²) < 4.78 is 0. The molecule has 17 heavy (non-hydrogen) atoms. The van der Waals surface area contributed by atoms with E-state index in [2.05, 4.69) is 22.2 Å². The van der Waals surface area contributed by atoms with E-state index in [-0.39, 0.29) is 5.82 Å². The summed E-state index contributed by atoms with van der Waals surface area (Å²) in [6.07, 6.45) is 3.96. The van der Waals surface area contributed by atoms with Crippen molar-refractivity contribution in [1.29, 1.82) is 0 Å². The summed E-state index contributed by atoms with van der Waals surface area (Å²) >= 11 is 0. The Morgan fingerprint density at radius 1 is 1.65 bits per heavy atom. The monoisotopic (exact) mass is 236 g/mol. The molecular formula is C11H16N4O2. The fourth-order valence-electron chi connectivity index (χ4n) is 1.75. The third kappa shape index (κ3) is 3.13. The van der Waals surface area contributed by atoms with E-state index in [1.54, 1.807) is 12.1 Å². The van der Waals surface area contributed by atoms with Crippen LogP contribution >= 0.6 is 0 Å². The van der Waals surface area contributed by atoms with Gasteiger partial charge in [-0.3, -0.25) is 0 Å². The van der Waals surface area contributed by atoms with E-state index in [1.165, 1.54) is 19.0 Å². The molecule has 0 aliphatic heterocycles. The largest absolute Gasteiger partial charge is 0.386 e. The molecular weight excluding hydrogens is 220 g/mol. The van der Waals surface area contributed by atoms with Crippen LogP contribution in [0.3, 0.4) is 0 Å². The highest BCUT2D eigenvalue weighted by Crippen LogP contribution is 2.25. The second kappa shape index (κ2) is 5.09. The fourth-order valence-corrected chi connectivity index (χ4v) is 1.75. The molecule has 1 N–H and O–H groups in total. The molecule has 1 aromatic rings. The highest BCUT2D eigenvalue weighted by molar-refractivity contribution is 5.56. The molecule has 0 saturated heterocycles. The average molecular weight is 236 g/mol. The Morgan fingerprint density at radius 3 is 3.06 bits per heavy atom. The average Bonchev–Trinajstić information content (AvgIpc) is 3.13. The van der Waals surface area contributed by atoms with Crippen LogP contribution < -0.4 is 5.32 Å². The Morgan fingerprint density at radius 2 is 2.41 bits per heavy atom. The van der Waals surface area contributed by atoms with Crippen LogP contribution in [0, 0.1) is 10.1 Å². The van der Waals surface area contributed by atoms with Gasteiger partial charge < -0.3 is 20.3 Å². The molecule has 1 aliphatic rings. The van der Waals surface area contributed by atoms with E-state index in [0.29, 0.717) is 18.3 Å².